The van der Waals surface area contributed by atoms with E-state index in [0.717, 1.165) is 0 Å². The molecule has 0 N–H and O–H groups in total. The van der Waals surface area contributed by atoms with Crippen molar-refractivity contribution >= 4 is 0 Å². The van der Waals surface area contributed by atoms with Crippen molar-refractivity contribution in [1.82, 2.24) is 0 Å². The first-order valence-corrected chi connectivity index (χ1v) is 3.59. The summed E-state index contributed by atoms with van der Waals surface area (Å²) in [6.07, 6.45) is -8.73. The molecule has 0 aliphatic carbocycles. The summed E-state index contributed by atoms with van der Waals surface area (Å²) in [6, 6.07) is 0. The molecule has 0 bridgehead atoms. The van der Waals surface area contributed by atoms with Crippen molar-refractivity contribution in [3.05, 3.63) is 6.92 Å². The van der Waals surface area contributed by atoms with Crippen LogP contribution in [0, 0.1) is 6.92 Å². The van der Waals surface area contributed by atoms with E-state index in [-0.39, 0.29) is 0 Å². The van der Waals surface area contributed by atoms with Gasteiger partial charge in [0.1, 0.15) is 6.67 Å². The second kappa shape index (κ2) is 4.35. The number of hydrogen-bond acceptors (Lipinski definition) is 0. The molecule has 2 atom stereocenters. The highest BCUT2D eigenvalue weighted by molar-refractivity contribution is 4.94. The van der Waals surface area contributed by atoms with Crippen LogP contribution in [0.5, 0.6) is 0 Å². The third-order valence-electron chi connectivity index (χ3n) is 1.61. The Bertz CT molecular complexity index is 179. The van der Waals surface area contributed by atoms with Gasteiger partial charge in [-0.15, -0.1) is 0 Å². The second-order valence-corrected chi connectivity index (χ2v) is 2.65. The first-order valence-electron chi connectivity index (χ1n) is 3.59. The van der Waals surface area contributed by atoms with Gasteiger partial charge in [0.15, 0.2) is 6.17 Å². The third-order valence-corrected chi connectivity index (χ3v) is 1.61. The van der Waals surface area contributed by atoms with Crippen LogP contribution in [0.4, 0.5) is 30.7 Å². The summed E-state index contributed by atoms with van der Waals surface area (Å²) in [7, 11) is 0. The lowest BCUT2D eigenvalue weighted by Gasteiger charge is -2.28. The fraction of sp³-hybridized carbons (Fsp3) is 0.857. The summed E-state index contributed by atoms with van der Waals surface area (Å²) in [5, 5.41) is 0. The van der Waals surface area contributed by atoms with Gasteiger partial charge in [0.2, 0.25) is 6.17 Å². The van der Waals surface area contributed by atoms with Crippen LogP contribution in [0.3, 0.4) is 0 Å². The van der Waals surface area contributed by atoms with Crippen LogP contribution >= 0.6 is 0 Å². The van der Waals surface area contributed by atoms with Crippen molar-refractivity contribution < 1.29 is 30.7 Å². The van der Waals surface area contributed by atoms with Gasteiger partial charge in [0, 0.05) is 6.42 Å². The zero-order valence-corrected chi connectivity index (χ0v) is 6.92. The zero-order valence-electron chi connectivity index (χ0n) is 6.92. The Morgan fingerprint density at radius 1 is 1.07 bits per heavy atom. The molecule has 1 radical (unpaired) electrons. The fourth-order valence-electron chi connectivity index (χ4n) is 0.674. The maximum absolute atomic E-state index is 12.5. The van der Waals surface area contributed by atoms with Crippen LogP contribution in [-0.4, -0.2) is 30.9 Å². The number of hydrogen-bond donors (Lipinski definition) is 0. The molecule has 0 aromatic heterocycles. The van der Waals surface area contributed by atoms with Crippen molar-refractivity contribution in [1.29, 1.82) is 0 Å². The van der Waals surface area contributed by atoms with Gasteiger partial charge >= 0.3 is 11.8 Å². The molecule has 1 unspecified atom stereocenters. The molecule has 0 fully saturated rings. The molecule has 0 aromatic rings. The van der Waals surface area contributed by atoms with Crippen molar-refractivity contribution in [3.8, 4) is 0 Å². The Hall–Kier alpha value is -0.490. The number of alkyl halides is 7. The SMILES string of the molecule is [CH2]CC(F)(F)C(F)(F)[C@@H](F)C(F)CF. The van der Waals surface area contributed by atoms with E-state index in [1.807, 2.05) is 0 Å². The summed E-state index contributed by atoms with van der Waals surface area (Å²) in [6.45, 7) is 0.399. The van der Waals surface area contributed by atoms with Gasteiger partial charge in [-0.3, -0.25) is 0 Å². The molecular formula is C7H8F7. The highest BCUT2D eigenvalue weighted by atomic mass is 19.3. The molecule has 0 saturated carbocycles. The largest absolute Gasteiger partial charge is 0.343 e. The summed E-state index contributed by atoms with van der Waals surface area (Å²) < 4.78 is 85.5. The molecule has 0 aromatic carbocycles. The molecule has 0 aliphatic rings. The first-order chi connectivity index (χ1) is 6.20. The molecule has 0 nitrogen and oxygen atoms in total. The van der Waals surface area contributed by atoms with Gasteiger partial charge in [0.25, 0.3) is 0 Å². The molecule has 7 heteroatoms. The lowest BCUT2D eigenvalue weighted by molar-refractivity contribution is -0.247. The van der Waals surface area contributed by atoms with Crippen molar-refractivity contribution in [2.24, 2.45) is 0 Å². The average molecular weight is 225 g/mol. The summed E-state index contributed by atoms with van der Waals surface area (Å²) in [5.41, 5.74) is 0. The molecule has 14 heavy (non-hydrogen) atoms. The number of halogens is 7. The fourth-order valence-corrected chi connectivity index (χ4v) is 0.674. The second-order valence-electron chi connectivity index (χ2n) is 2.65. The van der Waals surface area contributed by atoms with E-state index in [1.165, 1.54) is 0 Å². The van der Waals surface area contributed by atoms with E-state index in [2.05, 4.69) is 6.92 Å². The van der Waals surface area contributed by atoms with Gasteiger partial charge in [-0.1, -0.05) is 0 Å². The quantitative estimate of drug-likeness (QED) is 0.630. The third kappa shape index (κ3) is 2.30. The maximum atomic E-state index is 12.5. The maximum Gasteiger partial charge on any atom is 0.343 e. The minimum Gasteiger partial charge on any atom is -0.248 e. The Kier molecular flexibility index (Phi) is 4.20. The molecular weight excluding hydrogens is 217 g/mol. The van der Waals surface area contributed by atoms with Crippen molar-refractivity contribution in [2.45, 2.75) is 30.6 Å². The molecule has 0 heterocycles. The predicted molar refractivity (Wildman–Crippen MR) is 35.6 cm³/mol. The van der Waals surface area contributed by atoms with Gasteiger partial charge in [-0.25, -0.2) is 13.2 Å². The topological polar surface area (TPSA) is 0 Å². The van der Waals surface area contributed by atoms with Crippen LogP contribution in [0.2, 0.25) is 0 Å². The molecule has 85 valence electrons. The first kappa shape index (κ1) is 13.5. The Labute approximate surface area is 76.1 Å². The monoisotopic (exact) mass is 225 g/mol. The smallest absolute Gasteiger partial charge is 0.248 e. The Morgan fingerprint density at radius 3 is 1.79 bits per heavy atom. The van der Waals surface area contributed by atoms with Crippen LogP contribution in [0.25, 0.3) is 0 Å². The minimum absolute atomic E-state index is 1.60. The van der Waals surface area contributed by atoms with Crippen LogP contribution in [0.1, 0.15) is 6.42 Å². The van der Waals surface area contributed by atoms with Gasteiger partial charge < -0.3 is 0 Å². The normalized spacial score (nSPS) is 18.0. The van der Waals surface area contributed by atoms with Gasteiger partial charge in [-0.05, 0) is 6.92 Å². The molecule has 0 rings (SSSR count). The average Bonchev–Trinajstić information content (AvgIpc) is 2.14. The Morgan fingerprint density at radius 2 is 1.50 bits per heavy atom. The molecule has 0 aliphatic heterocycles. The molecule has 0 amide bonds. The van der Waals surface area contributed by atoms with Gasteiger partial charge in [0.05, 0.1) is 0 Å². The zero-order chi connectivity index (χ0) is 11.6. The van der Waals surface area contributed by atoms with Crippen LogP contribution < -0.4 is 0 Å². The summed E-state index contributed by atoms with van der Waals surface area (Å²) >= 11 is 0. The van der Waals surface area contributed by atoms with Crippen molar-refractivity contribution in [3.63, 3.8) is 0 Å². The lowest BCUT2D eigenvalue weighted by atomic mass is 10.0. The van der Waals surface area contributed by atoms with Crippen LogP contribution in [0.15, 0.2) is 0 Å². The van der Waals surface area contributed by atoms with Crippen LogP contribution in [-0.2, 0) is 0 Å². The molecule has 0 saturated heterocycles. The van der Waals surface area contributed by atoms with Gasteiger partial charge in [-0.2, -0.15) is 17.6 Å². The highest BCUT2D eigenvalue weighted by Gasteiger charge is 2.62. The van der Waals surface area contributed by atoms with E-state index in [9.17, 15) is 30.7 Å². The van der Waals surface area contributed by atoms with E-state index in [0.29, 0.717) is 0 Å². The minimum atomic E-state index is -5.25. The standard InChI is InChI=1S/C7H8F7/c1-2-6(11,12)7(13,14)5(10)4(9)3-8/h4-5H,1-3H2/t4?,5-/m0/s1. The van der Waals surface area contributed by atoms with E-state index in [4.69, 9.17) is 0 Å². The summed E-state index contributed by atoms with van der Waals surface area (Å²) in [4.78, 5) is 0. The summed E-state index contributed by atoms with van der Waals surface area (Å²) in [5.74, 6) is -10.0. The van der Waals surface area contributed by atoms with E-state index < -0.39 is 37.3 Å². The predicted octanol–water partition coefficient (Wildman–Crippen LogP) is 3.13. The van der Waals surface area contributed by atoms with E-state index >= 15 is 0 Å². The van der Waals surface area contributed by atoms with E-state index in [1.54, 1.807) is 0 Å². The highest BCUT2D eigenvalue weighted by Crippen LogP contribution is 2.42. The lowest BCUT2D eigenvalue weighted by Crippen LogP contribution is -2.51. The number of rotatable bonds is 5. The molecule has 0 spiro atoms. The van der Waals surface area contributed by atoms with Crippen molar-refractivity contribution in [2.75, 3.05) is 6.67 Å². The Balaban J connectivity index is 4.76.